The lowest BCUT2D eigenvalue weighted by atomic mass is 9.60. The lowest BCUT2D eigenvalue weighted by Crippen LogP contribution is -2.63. The number of nitrogens with one attached hydrogen (secondary N) is 1. The van der Waals surface area contributed by atoms with Gasteiger partial charge in [0.2, 0.25) is 0 Å². The molecule has 3 nitrogen and oxygen atoms in total. The zero-order valence-electron chi connectivity index (χ0n) is 12.9. The molecule has 2 aliphatic rings. The van der Waals surface area contributed by atoms with Crippen molar-refractivity contribution in [3.63, 3.8) is 0 Å². The molecule has 3 atom stereocenters. The number of aliphatic hydroxyl groups is 1. The minimum atomic E-state index is -0.421. The first kappa shape index (κ1) is 15.0. The van der Waals surface area contributed by atoms with Crippen molar-refractivity contribution in [2.75, 3.05) is 13.2 Å². The van der Waals surface area contributed by atoms with Crippen molar-refractivity contribution >= 4 is 0 Å². The van der Waals surface area contributed by atoms with Crippen molar-refractivity contribution in [3.05, 3.63) is 35.9 Å². The molecule has 2 N–H and O–H groups in total. The second kappa shape index (κ2) is 6.47. The normalized spacial score (nSPS) is 28.5. The predicted molar refractivity (Wildman–Crippen MR) is 84.1 cm³/mol. The molecule has 0 radical (unpaired) electrons. The number of ether oxygens (including phenoxy) is 1. The zero-order valence-corrected chi connectivity index (χ0v) is 12.9. The fourth-order valence-electron chi connectivity index (χ4n) is 4.22. The number of aliphatic hydroxyl groups excluding tert-OH is 1. The van der Waals surface area contributed by atoms with E-state index in [1.54, 1.807) is 0 Å². The van der Waals surface area contributed by atoms with E-state index in [-0.39, 0.29) is 0 Å². The van der Waals surface area contributed by atoms with Gasteiger partial charge in [0.25, 0.3) is 0 Å². The molecule has 1 aromatic carbocycles. The van der Waals surface area contributed by atoms with Gasteiger partial charge in [0.05, 0.1) is 12.2 Å². The molecule has 1 spiro atoms. The van der Waals surface area contributed by atoms with Crippen LogP contribution in [0, 0.1) is 5.41 Å². The van der Waals surface area contributed by atoms with Crippen LogP contribution in [0.15, 0.2) is 30.3 Å². The van der Waals surface area contributed by atoms with Gasteiger partial charge in [-0.25, -0.2) is 0 Å². The summed E-state index contributed by atoms with van der Waals surface area (Å²) in [4.78, 5) is 0. The monoisotopic (exact) mass is 289 g/mol. The molecule has 0 saturated heterocycles. The van der Waals surface area contributed by atoms with Gasteiger partial charge in [-0.2, -0.15) is 0 Å². The molecular weight excluding hydrogens is 262 g/mol. The van der Waals surface area contributed by atoms with Crippen LogP contribution in [-0.2, 0) is 4.74 Å². The van der Waals surface area contributed by atoms with Crippen molar-refractivity contribution in [2.24, 2.45) is 5.41 Å². The molecule has 1 aromatic rings. The maximum atomic E-state index is 10.3. The third-order valence-corrected chi connectivity index (χ3v) is 5.43. The van der Waals surface area contributed by atoms with E-state index in [4.69, 9.17) is 4.74 Å². The van der Waals surface area contributed by atoms with Gasteiger partial charge in [0.1, 0.15) is 0 Å². The number of benzene rings is 1. The predicted octanol–water partition coefficient (Wildman–Crippen LogP) is 3.05. The van der Waals surface area contributed by atoms with Crippen molar-refractivity contribution in [1.82, 2.24) is 5.32 Å². The molecule has 0 aliphatic heterocycles. The van der Waals surface area contributed by atoms with Gasteiger partial charge in [-0.1, -0.05) is 43.2 Å². The maximum absolute atomic E-state index is 10.3. The fourth-order valence-corrected chi connectivity index (χ4v) is 4.22. The van der Waals surface area contributed by atoms with E-state index in [0.29, 0.717) is 24.1 Å². The van der Waals surface area contributed by atoms with Crippen LogP contribution >= 0.6 is 0 Å². The van der Waals surface area contributed by atoms with Gasteiger partial charge in [-0.3, -0.25) is 0 Å². The van der Waals surface area contributed by atoms with Gasteiger partial charge in [0, 0.05) is 24.6 Å². The molecule has 116 valence electrons. The quantitative estimate of drug-likeness (QED) is 0.846. The number of hydrogen-bond donors (Lipinski definition) is 2. The molecule has 0 amide bonds. The molecule has 3 unspecified atom stereocenters. The summed E-state index contributed by atoms with van der Waals surface area (Å²) >= 11 is 0. The minimum Gasteiger partial charge on any atom is -0.387 e. The summed E-state index contributed by atoms with van der Waals surface area (Å²) < 4.78 is 5.93. The van der Waals surface area contributed by atoms with Gasteiger partial charge in [-0.15, -0.1) is 0 Å². The van der Waals surface area contributed by atoms with Crippen LogP contribution in [0.3, 0.4) is 0 Å². The third kappa shape index (κ3) is 2.87. The first-order valence-corrected chi connectivity index (χ1v) is 8.34. The molecule has 2 fully saturated rings. The summed E-state index contributed by atoms with van der Waals surface area (Å²) in [5.74, 6) is 0. The third-order valence-electron chi connectivity index (χ3n) is 5.43. The summed E-state index contributed by atoms with van der Waals surface area (Å²) in [6.07, 6.45) is 6.29. The molecule has 2 saturated carbocycles. The number of rotatable bonds is 6. The highest BCUT2D eigenvalue weighted by atomic mass is 16.5. The highest BCUT2D eigenvalue weighted by molar-refractivity contribution is 5.18. The van der Waals surface area contributed by atoms with E-state index < -0.39 is 6.10 Å². The van der Waals surface area contributed by atoms with E-state index in [9.17, 15) is 5.11 Å². The molecular formula is C18H27NO2. The molecule has 3 heteroatoms. The van der Waals surface area contributed by atoms with Crippen LogP contribution in [0.1, 0.15) is 50.7 Å². The van der Waals surface area contributed by atoms with Crippen molar-refractivity contribution in [1.29, 1.82) is 0 Å². The van der Waals surface area contributed by atoms with Crippen LogP contribution in [0.25, 0.3) is 0 Å². The lowest BCUT2D eigenvalue weighted by molar-refractivity contribution is -0.131. The van der Waals surface area contributed by atoms with Crippen LogP contribution in [0.4, 0.5) is 0 Å². The lowest BCUT2D eigenvalue weighted by Gasteiger charge is -2.54. The summed E-state index contributed by atoms with van der Waals surface area (Å²) in [5.41, 5.74) is 1.33. The van der Waals surface area contributed by atoms with Gasteiger partial charge < -0.3 is 15.2 Å². The SMILES string of the molecule is CCOC1CC(NCC(O)c2ccccc2)C12CCCC2. The molecule has 0 heterocycles. The van der Waals surface area contributed by atoms with E-state index >= 15 is 0 Å². The maximum Gasteiger partial charge on any atom is 0.0914 e. The summed E-state index contributed by atoms with van der Waals surface area (Å²) in [6, 6.07) is 10.4. The van der Waals surface area contributed by atoms with Gasteiger partial charge in [-0.05, 0) is 31.7 Å². The van der Waals surface area contributed by atoms with Crippen molar-refractivity contribution < 1.29 is 9.84 Å². The Morgan fingerprint density at radius 3 is 2.67 bits per heavy atom. The van der Waals surface area contributed by atoms with Crippen LogP contribution < -0.4 is 5.32 Å². The summed E-state index contributed by atoms with van der Waals surface area (Å²) in [6.45, 7) is 3.53. The van der Waals surface area contributed by atoms with Gasteiger partial charge in [0.15, 0.2) is 0 Å². The van der Waals surface area contributed by atoms with E-state index in [1.165, 1.54) is 25.7 Å². The first-order chi connectivity index (χ1) is 10.3. The van der Waals surface area contributed by atoms with E-state index in [2.05, 4.69) is 12.2 Å². The van der Waals surface area contributed by atoms with Crippen LogP contribution in [0.5, 0.6) is 0 Å². The van der Waals surface area contributed by atoms with Crippen LogP contribution in [-0.4, -0.2) is 30.4 Å². The highest BCUT2D eigenvalue weighted by Crippen LogP contribution is 2.54. The first-order valence-electron chi connectivity index (χ1n) is 8.34. The Bertz CT molecular complexity index is 442. The van der Waals surface area contributed by atoms with Crippen molar-refractivity contribution in [2.45, 2.75) is 57.3 Å². The molecule has 2 aliphatic carbocycles. The molecule has 0 bridgehead atoms. The average molecular weight is 289 g/mol. The van der Waals surface area contributed by atoms with Crippen molar-refractivity contribution in [3.8, 4) is 0 Å². The topological polar surface area (TPSA) is 41.5 Å². The Balaban J connectivity index is 1.56. The Kier molecular flexibility index (Phi) is 4.63. The van der Waals surface area contributed by atoms with Crippen LogP contribution in [0.2, 0.25) is 0 Å². The highest BCUT2D eigenvalue weighted by Gasteiger charge is 2.56. The van der Waals surface area contributed by atoms with E-state index in [0.717, 1.165) is 18.6 Å². The Morgan fingerprint density at radius 2 is 2.00 bits per heavy atom. The smallest absolute Gasteiger partial charge is 0.0914 e. The minimum absolute atomic E-state index is 0.340. The zero-order chi connectivity index (χ0) is 14.7. The summed E-state index contributed by atoms with van der Waals surface area (Å²) in [7, 11) is 0. The second-order valence-corrected chi connectivity index (χ2v) is 6.51. The Labute approximate surface area is 127 Å². The molecule has 3 rings (SSSR count). The second-order valence-electron chi connectivity index (χ2n) is 6.51. The Hall–Kier alpha value is -0.900. The largest absolute Gasteiger partial charge is 0.387 e. The number of hydrogen-bond acceptors (Lipinski definition) is 3. The molecule has 0 aromatic heterocycles. The standard InChI is InChI=1S/C18H27NO2/c1-2-21-17-12-16(18(17)10-6-7-11-18)19-13-15(20)14-8-4-3-5-9-14/h3-5,8-9,15-17,19-20H,2,6-7,10-13H2,1H3. The van der Waals surface area contributed by atoms with Gasteiger partial charge >= 0.3 is 0 Å². The fraction of sp³-hybridized carbons (Fsp3) is 0.667. The molecule has 21 heavy (non-hydrogen) atoms. The Morgan fingerprint density at radius 1 is 1.29 bits per heavy atom. The van der Waals surface area contributed by atoms with E-state index in [1.807, 2.05) is 30.3 Å². The average Bonchev–Trinajstić information content (AvgIpc) is 3.03. The summed E-state index contributed by atoms with van der Waals surface area (Å²) in [5, 5.41) is 13.9.